The van der Waals surface area contributed by atoms with Crippen LogP contribution in [0.25, 0.3) is 0 Å². The molecule has 0 heterocycles. The molecule has 0 aromatic heterocycles. The lowest BCUT2D eigenvalue weighted by Gasteiger charge is -2.26. The molecule has 108 valence electrons. The van der Waals surface area contributed by atoms with Crippen LogP contribution in [0.2, 0.25) is 0 Å². The minimum absolute atomic E-state index is 0.00803. The molecule has 0 aromatic carbocycles. The highest BCUT2D eigenvalue weighted by atomic mass is 16.5. The molecule has 4 heteroatoms. The van der Waals surface area contributed by atoms with Gasteiger partial charge in [0.25, 0.3) is 0 Å². The molecule has 0 amide bonds. The number of ether oxygens (including phenoxy) is 1. The summed E-state index contributed by atoms with van der Waals surface area (Å²) in [6.07, 6.45) is 8.49. The van der Waals surface area contributed by atoms with Crippen LogP contribution in [-0.4, -0.2) is 23.7 Å². The molecule has 1 atom stereocenters. The van der Waals surface area contributed by atoms with Crippen molar-refractivity contribution in [1.29, 1.82) is 0 Å². The molecular weight excluding hydrogens is 244 g/mol. The van der Waals surface area contributed by atoms with Crippen molar-refractivity contribution in [3.63, 3.8) is 0 Å². The lowest BCUT2D eigenvalue weighted by molar-refractivity contribution is -0.153. The van der Waals surface area contributed by atoms with Gasteiger partial charge in [0.2, 0.25) is 0 Å². The molecule has 0 aromatic rings. The van der Waals surface area contributed by atoms with Crippen LogP contribution in [0.1, 0.15) is 51.4 Å². The first-order valence-electron chi connectivity index (χ1n) is 7.14. The summed E-state index contributed by atoms with van der Waals surface area (Å²) in [6.45, 7) is 3.94. The van der Waals surface area contributed by atoms with E-state index in [2.05, 4.69) is 6.58 Å². The van der Waals surface area contributed by atoms with Gasteiger partial charge < -0.3 is 9.84 Å². The molecular formula is C15H24O4. The maximum absolute atomic E-state index is 11.7. The summed E-state index contributed by atoms with van der Waals surface area (Å²) in [5.41, 5.74) is 0. The van der Waals surface area contributed by atoms with E-state index >= 15 is 0 Å². The molecule has 0 unspecified atom stereocenters. The predicted molar refractivity (Wildman–Crippen MR) is 72.7 cm³/mol. The molecule has 0 saturated heterocycles. The van der Waals surface area contributed by atoms with Crippen molar-refractivity contribution in [2.45, 2.75) is 51.4 Å². The third-order valence-electron chi connectivity index (χ3n) is 3.74. The Morgan fingerprint density at radius 3 is 2.58 bits per heavy atom. The number of esters is 1. The van der Waals surface area contributed by atoms with Crippen molar-refractivity contribution in [3.05, 3.63) is 12.7 Å². The molecule has 0 spiro atoms. The number of allylic oxidation sites excluding steroid dienone is 1. The van der Waals surface area contributed by atoms with Crippen molar-refractivity contribution in [1.82, 2.24) is 0 Å². The van der Waals surface area contributed by atoms with Crippen LogP contribution in [0.15, 0.2) is 12.7 Å². The molecule has 1 aliphatic rings. The SMILES string of the molecule is C=CCCCOC(=O)C[C@H](C(=O)O)C1CCCCC1. The fraction of sp³-hybridized carbons (Fsp3) is 0.733. The highest BCUT2D eigenvalue weighted by Gasteiger charge is 2.31. The van der Waals surface area contributed by atoms with Crippen molar-refractivity contribution >= 4 is 11.9 Å². The Labute approximate surface area is 114 Å². The minimum atomic E-state index is -0.866. The summed E-state index contributed by atoms with van der Waals surface area (Å²) in [6, 6.07) is 0. The summed E-state index contributed by atoms with van der Waals surface area (Å²) in [5, 5.41) is 9.26. The van der Waals surface area contributed by atoms with E-state index < -0.39 is 11.9 Å². The quantitative estimate of drug-likeness (QED) is 0.417. The Kier molecular flexibility index (Phi) is 7.23. The fourth-order valence-electron chi connectivity index (χ4n) is 2.64. The predicted octanol–water partition coefficient (Wildman–Crippen LogP) is 3.17. The van der Waals surface area contributed by atoms with E-state index in [1.165, 1.54) is 6.42 Å². The number of carbonyl (C=O) groups excluding carboxylic acids is 1. The Bertz CT molecular complexity index is 305. The zero-order valence-electron chi connectivity index (χ0n) is 11.5. The van der Waals surface area contributed by atoms with Crippen LogP contribution in [0.4, 0.5) is 0 Å². The van der Waals surface area contributed by atoms with Crippen molar-refractivity contribution in [2.24, 2.45) is 11.8 Å². The van der Waals surface area contributed by atoms with Gasteiger partial charge in [0.05, 0.1) is 18.9 Å². The van der Waals surface area contributed by atoms with Crippen molar-refractivity contribution in [2.75, 3.05) is 6.61 Å². The first-order valence-corrected chi connectivity index (χ1v) is 7.14. The van der Waals surface area contributed by atoms with Crippen LogP contribution in [0.5, 0.6) is 0 Å². The summed E-state index contributed by atoms with van der Waals surface area (Å²) in [5.74, 6) is -1.70. The highest BCUT2D eigenvalue weighted by molar-refractivity contribution is 5.79. The third kappa shape index (κ3) is 5.90. The van der Waals surface area contributed by atoms with Gasteiger partial charge in [-0.05, 0) is 31.6 Å². The number of unbranched alkanes of at least 4 members (excludes halogenated alkanes) is 1. The van der Waals surface area contributed by atoms with Crippen LogP contribution >= 0.6 is 0 Å². The maximum Gasteiger partial charge on any atom is 0.307 e. The summed E-state index contributed by atoms with van der Waals surface area (Å²) >= 11 is 0. The van der Waals surface area contributed by atoms with Gasteiger partial charge in [-0.1, -0.05) is 25.3 Å². The lowest BCUT2D eigenvalue weighted by atomic mass is 9.78. The third-order valence-corrected chi connectivity index (χ3v) is 3.74. The molecule has 1 rings (SSSR count). The number of rotatable bonds is 8. The normalized spacial score (nSPS) is 17.7. The van der Waals surface area contributed by atoms with Crippen LogP contribution in [0, 0.1) is 11.8 Å². The largest absolute Gasteiger partial charge is 0.481 e. The number of carboxylic acid groups (broad SMARTS) is 1. The van der Waals surface area contributed by atoms with E-state index in [4.69, 9.17) is 4.74 Å². The molecule has 1 fully saturated rings. The zero-order valence-corrected chi connectivity index (χ0v) is 11.5. The molecule has 0 bridgehead atoms. The second kappa shape index (κ2) is 8.73. The maximum atomic E-state index is 11.7. The Hall–Kier alpha value is -1.32. The van der Waals surface area contributed by atoms with Gasteiger partial charge >= 0.3 is 11.9 Å². The monoisotopic (exact) mass is 268 g/mol. The molecule has 0 radical (unpaired) electrons. The highest BCUT2D eigenvalue weighted by Crippen LogP contribution is 2.32. The molecule has 19 heavy (non-hydrogen) atoms. The Morgan fingerprint density at radius 1 is 1.32 bits per heavy atom. The van der Waals surface area contributed by atoms with E-state index in [0.717, 1.165) is 38.5 Å². The lowest BCUT2D eigenvalue weighted by Crippen LogP contribution is -2.28. The molecule has 1 N–H and O–H groups in total. The summed E-state index contributed by atoms with van der Waals surface area (Å²) in [7, 11) is 0. The first-order chi connectivity index (χ1) is 9.15. The van der Waals surface area contributed by atoms with Gasteiger partial charge in [0, 0.05) is 0 Å². The first kappa shape index (κ1) is 15.7. The molecule has 1 aliphatic carbocycles. The van der Waals surface area contributed by atoms with Crippen molar-refractivity contribution in [3.8, 4) is 0 Å². The Balaban J connectivity index is 2.37. The zero-order chi connectivity index (χ0) is 14.1. The molecule has 1 saturated carbocycles. The second-order valence-corrected chi connectivity index (χ2v) is 5.20. The van der Waals surface area contributed by atoms with Gasteiger partial charge in [0.15, 0.2) is 0 Å². The van der Waals surface area contributed by atoms with Gasteiger partial charge in [-0.2, -0.15) is 0 Å². The summed E-state index contributed by atoms with van der Waals surface area (Å²) < 4.78 is 5.07. The number of aliphatic carboxylic acids is 1. The number of hydrogen-bond donors (Lipinski definition) is 1. The van der Waals surface area contributed by atoms with E-state index in [-0.39, 0.29) is 18.3 Å². The number of hydrogen-bond acceptors (Lipinski definition) is 3. The summed E-state index contributed by atoms with van der Waals surface area (Å²) in [4.78, 5) is 22.9. The van der Waals surface area contributed by atoms with E-state index in [9.17, 15) is 14.7 Å². The van der Waals surface area contributed by atoms with E-state index in [0.29, 0.717) is 6.61 Å². The minimum Gasteiger partial charge on any atom is -0.481 e. The fourth-order valence-corrected chi connectivity index (χ4v) is 2.64. The van der Waals surface area contributed by atoms with E-state index in [1.54, 1.807) is 6.08 Å². The van der Waals surface area contributed by atoms with Crippen LogP contribution in [0.3, 0.4) is 0 Å². The average Bonchev–Trinajstić information content (AvgIpc) is 2.41. The average molecular weight is 268 g/mol. The van der Waals surface area contributed by atoms with Crippen LogP contribution < -0.4 is 0 Å². The second-order valence-electron chi connectivity index (χ2n) is 5.20. The van der Waals surface area contributed by atoms with Crippen LogP contribution in [-0.2, 0) is 14.3 Å². The van der Waals surface area contributed by atoms with Crippen molar-refractivity contribution < 1.29 is 19.4 Å². The van der Waals surface area contributed by atoms with Gasteiger partial charge in [-0.25, -0.2) is 0 Å². The topological polar surface area (TPSA) is 63.6 Å². The molecule has 4 nitrogen and oxygen atoms in total. The standard InChI is InChI=1S/C15H24O4/c1-2-3-7-10-19-14(16)11-13(15(17)18)12-8-5-4-6-9-12/h2,12-13H,1,3-11H2,(H,17,18)/t13-/m0/s1. The Morgan fingerprint density at radius 2 is 2.00 bits per heavy atom. The number of carbonyl (C=O) groups is 2. The number of carboxylic acids is 1. The molecule has 0 aliphatic heterocycles. The van der Waals surface area contributed by atoms with Gasteiger partial charge in [0.1, 0.15) is 0 Å². The van der Waals surface area contributed by atoms with Gasteiger partial charge in [-0.15, -0.1) is 6.58 Å². The van der Waals surface area contributed by atoms with Gasteiger partial charge in [-0.3, -0.25) is 9.59 Å². The smallest absolute Gasteiger partial charge is 0.307 e. The van der Waals surface area contributed by atoms with E-state index in [1.807, 2.05) is 0 Å².